The van der Waals surface area contributed by atoms with E-state index in [2.05, 4.69) is 5.32 Å². The molecule has 6 heteroatoms. The van der Waals surface area contributed by atoms with Gasteiger partial charge in [0, 0.05) is 12.7 Å². The van der Waals surface area contributed by atoms with Gasteiger partial charge in [0.05, 0.1) is 23.2 Å². The SMILES string of the molecule is CN(CC(=O)NC1CCS(=O)(=O)c2ccccc21)c1ccccc1. The molecule has 1 heterocycles. The lowest BCUT2D eigenvalue weighted by atomic mass is 10.0. The molecule has 2 aromatic rings. The number of hydrogen-bond donors (Lipinski definition) is 1. The molecular weight excluding hydrogens is 324 g/mol. The summed E-state index contributed by atoms with van der Waals surface area (Å²) in [5.74, 6) is -0.0656. The van der Waals surface area contributed by atoms with Crippen LogP contribution in [0.25, 0.3) is 0 Å². The summed E-state index contributed by atoms with van der Waals surface area (Å²) in [6, 6.07) is 16.3. The first-order valence-corrected chi connectivity index (χ1v) is 9.50. The number of carbonyl (C=O) groups excluding carboxylic acids is 1. The molecule has 0 saturated heterocycles. The molecule has 0 radical (unpaired) electrons. The van der Waals surface area contributed by atoms with Gasteiger partial charge in [-0.05, 0) is 30.2 Å². The van der Waals surface area contributed by atoms with Crippen molar-refractivity contribution in [3.05, 3.63) is 60.2 Å². The van der Waals surface area contributed by atoms with Gasteiger partial charge in [0.25, 0.3) is 0 Å². The van der Waals surface area contributed by atoms with Crippen LogP contribution in [0.1, 0.15) is 18.0 Å². The third-order valence-corrected chi connectivity index (χ3v) is 6.03. The van der Waals surface area contributed by atoms with E-state index in [1.165, 1.54) is 0 Å². The van der Waals surface area contributed by atoms with Crippen molar-refractivity contribution in [1.29, 1.82) is 0 Å². The molecule has 0 aliphatic carbocycles. The second-order valence-electron chi connectivity index (χ2n) is 5.96. The second kappa shape index (κ2) is 6.65. The van der Waals surface area contributed by atoms with Gasteiger partial charge in [-0.2, -0.15) is 0 Å². The molecule has 1 amide bonds. The van der Waals surface area contributed by atoms with Gasteiger partial charge in [0.1, 0.15) is 0 Å². The van der Waals surface area contributed by atoms with Crippen molar-refractivity contribution in [3.8, 4) is 0 Å². The van der Waals surface area contributed by atoms with Gasteiger partial charge >= 0.3 is 0 Å². The molecular formula is C18H20N2O3S. The molecule has 0 bridgehead atoms. The predicted molar refractivity (Wildman–Crippen MR) is 93.7 cm³/mol. The number of carbonyl (C=O) groups is 1. The van der Waals surface area contributed by atoms with Crippen molar-refractivity contribution >= 4 is 21.4 Å². The number of anilines is 1. The van der Waals surface area contributed by atoms with Gasteiger partial charge in [-0.15, -0.1) is 0 Å². The number of nitrogens with one attached hydrogen (secondary N) is 1. The lowest BCUT2D eigenvalue weighted by molar-refractivity contribution is -0.120. The number of sulfone groups is 1. The van der Waals surface area contributed by atoms with Crippen molar-refractivity contribution in [2.75, 3.05) is 24.2 Å². The van der Waals surface area contributed by atoms with Crippen molar-refractivity contribution in [1.82, 2.24) is 5.32 Å². The van der Waals surface area contributed by atoms with E-state index in [1.54, 1.807) is 24.3 Å². The Hall–Kier alpha value is -2.34. The summed E-state index contributed by atoms with van der Waals surface area (Å²) in [6.07, 6.45) is 0.403. The molecule has 1 N–H and O–H groups in total. The molecule has 3 rings (SSSR count). The number of hydrogen-bond acceptors (Lipinski definition) is 4. The highest BCUT2D eigenvalue weighted by Crippen LogP contribution is 2.31. The van der Waals surface area contributed by atoms with Crippen molar-refractivity contribution < 1.29 is 13.2 Å². The normalized spacial score (nSPS) is 18.5. The molecule has 0 fully saturated rings. The summed E-state index contributed by atoms with van der Waals surface area (Å²) in [4.78, 5) is 14.6. The number of nitrogens with zero attached hydrogens (tertiary/aromatic N) is 1. The fourth-order valence-corrected chi connectivity index (χ4v) is 4.59. The molecule has 1 unspecified atom stereocenters. The van der Waals surface area contributed by atoms with E-state index in [9.17, 15) is 13.2 Å². The maximum Gasteiger partial charge on any atom is 0.239 e. The Morgan fingerprint density at radius 3 is 2.54 bits per heavy atom. The number of benzene rings is 2. The third-order valence-electron chi connectivity index (χ3n) is 4.22. The smallest absolute Gasteiger partial charge is 0.239 e. The van der Waals surface area contributed by atoms with Crippen LogP contribution in [0.3, 0.4) is 0 Å². The number of amides is 1. The quantitative estimate of drug-likeness (QED) is 0.923. The summed E-state index contributed by atoms with van der Waals surface area (Å²) in [5.41, 5.74) is 1.64. The summed E-state index contributed by atoms with van der Waals surface area (Å²) in [7, 11) is -1.38. The van der Waals surface area contributed by atoms with Crippen LogP contribution in [-0.2, 0) is 14.6 Å². The lowest BCUT2D eigenvalue weighted by Gasteiger charge is -2.27. The Balaban J connectivity index is 1.71. The summed E-state index contributed by atoms with van der Waals surface area (Å²) < 4.78 is 24.3. The van der Waals surface area contributed by atoms with Gasteiger partial charge in [-0.1, -0.05) is 36.4 Å². The van der Waals surface area contributed by atoms with E-state index in [1.807, 2.05) is 42.3 Å². The van der Waals surface area contributed by atoms with Crippen molar-refractivity contribution in [2.24, 2.45) is 0 Å². The Kier molecular flexibility index (Phi) is 4.57. The molecule has 0 spiro atoms. The highest BCUT2D eigenvalue weighted by molar-refractivity contribution is 7.91. The first-order valence-electron chi connectivity index (χ1n) is 7.84. The van der Waals surface area contributed by atoms with Gasteiger partial charge in [0.15, 0.2) is 9.84 Å². The van der Waals surface area contributed by atoms with E-state index in [0.717, 1.165) is 5.69 Å². The minimum absolute atomic E-state index is 0.0590. The lowest BCUT2D eigenvalue weighted by Crippen LogP contribution is -2.39. The highest BCUT2D eigenvalue weighted by Gasteiger charge is 2.30. The summed E-state index contributed by atoms with van der Waals surface area (Å²) in [5, 5.41) is 2.97. The topological polar surface area (TPSA) is 66.5 Å². The molecule has 24 heavy (non-hydrogen) atoms. The summed E-state index contributed by atoms with van der Waals surface area (Å²) >= 11 is 0. The maximum absolute atomic E-state index is 12.4. The fraction of sp³-hybridized carbons (Fsp3) is 0.278. The van der Waals surface area contributed by atoms with Crippen LogP contribution in [-0.4, -0.2) is 33.7 Å². The zero-order valence-electron chi connectivity index (χ0n) is 13.5. The van der Waals surface area contributed by atoms with E-state index < -0.39 is 9.84 Å². The number of rotatable bonds is 4. The van der Waals surface area contributed by atoms with Crippen LogP contribution in [0.4, 0.5) is 5.69 Å². The van der Waals surface area contributed by atoms with Gasteiger partial charge in [-0.3, -0.25) is 4.79 Å². The molecule has 126 valence electrons. The first kappa shape index (κ1) is 16.5. The summed E-state index contributed by atoms with van der Waals surface area (Å²) in [6.45, 7) is 0.218. The van der Waals surface area contributed by atoms with Crippen LogP contribution in [0.5, 0.6) is 0 Å². The molecule has 1 aliphatic rings. The minimum Gasteiger partial charge on any atom is -0.365 e. The van der Waals surface area contributed by atoms with Gasteiger partial charge in [0.2, 0.25) is 5.91 Å². The van der Waals surface area contributed by atoms with Crippen molar-refractivity contribution in [2.45, 2.75) is 17.4 Å². The number of fused-ring (bicyclic) bond motifs is 1. The Morgan fingerprint density at radius 1 is 1.12 bits per heavy atom. The van der Waals surface area contributed by atoms with Crippen molar-refractivity contribution in [3.63, 3.8) is 0 Å². The largest absolute Gasteiger partial charge is 0.365 e. The van der Waals surface area contributed by atoms with Crippen LogP contribution >= 0.6 is 0 Å². The monoisotopic (exact) mass is 344 g/mol. The molecule has 0 aromatic heterocycles. The number of likely N-dealkylation sites (N-methyl/N-ethyl adjacent to an activating group) is 1. The zero-order chi connectivity index (χ0) is 17.2. The third kappa shape index (κ3) is 3.43. The molecule has 1 atom stereocenters. The van der Waals surface area contributed by atoms with E-state index in [4.69, 9.17) is 0 Å². The maximum atomic E-state index is 12.4. The Morgan fingerprint density at radius 2 is 1.79 bits per heavy atom. The first-order chi connectivity index (χ1) is 11.5. The van der Waals surface area contributed by atoms with E-state index in [0.29, 0.717) is 16.9 Å². The Labute approximate surface area is 142 Å². The van der Waals surface area contributed by atoms with E-state index in [-0.39, 0.29) is 24.2 Å². The predicted octanol–water partition coefficient (Wildman–Crippen LogP) is 2.16. The highest BCUT2D eigenvalue weighted by atomic mass is 32.2. The fourth-order valence-electron chi connectivity index (χ4n) is 2.97. The average molecular weight is 344 g/mol. The van der Waals surface area contributed by atoms with Crippen LogP contribution in [0.15, 0.2) is 59.5 Å². The molecule has 0 saturated carbocycles. The van der Waals surface area contributed by atoms with E-state index >= 15 is 0 Å². The number of para-hydroxylation sites is 1. The van der Waals surface area contributed by atoms with Gasteiger partial charge < -0.3 is 10.2 Å². The molecule has 5 nitrogen and oxygen atoms in total. The minimum atomic E-state index is -3.24. The molecule has 1 aliphatic heterocycles. The standard InChI is InChI=1S/C18H20N2O3S/c1-20(14-7-3-2-4-8-14)13-18(21)19-16-11-12-24(22,23)17-10-6-5-9-15(16)17/h2-10,16H,11-13H2,1H3,(H,19,21). The van der Waals surface area contributed by atoms with Gasteiger partial charge in [-0.25, -0.2) is 8.42 Å². The average Bonchev–Trinajstić information content (AvgIpc) is 2.58. The molecule has 2 aromatic carbocycles. The van der Waals surface area contributed by atoms with Crippen LogP contribution in [0, 0.1) is 0 Å². The van der Waals surface area contributed by atoms with Crippen LogP contribution < -0.4 is 10.2 Å². The second-order valence-corrected chi connectivity index (χ2v) is 8.03. The Bertz CT molecular complexity index is 834. The zero-order valence-corrected chi connectivity index (χ0v) is 14.3. The van der Waals surface area contributed by atoms with Crippen LogP contribution in [0.2, 0.25) is 0 Å².